The number of nitro groups is 1. The number of halogens is 1. The third-order valence-corrected chi connectivity index (χ3v) is 3.77. The molecule has 1 N–H and O–H groups in total. The number of benzene rings is 1. The first-order chi connectivity index (χ1) is 10.8. The molecule has 1 unspecified atom stereocenters. The molecule has 0 saturated carbocycles. The van der Waals surface area contributed by atoms with Crippen LogP contribution in [0.3, 0.4) is 0 Å². The van der Waals surface area contributed by atoms with E-state index >= 15 is 0 Å². The summed E-state index contributed by atoms with van der Waals surface area (Å²) < 4.78 is 1.38. The van der Waals surface area contributed by atoms with E-state index in [0.29, 0.717) is 22.8 Å². The van der Waals surface area contributed by atoms with Gasteiger partial charge in [-0.2, -0.15) is 4.68 Å². The predicted molar refractivity (Wildman–Crippen MR) is 87.8 cm³/mol. The Morgan fingerprint density at radius 3 is 2.70 bits per heavy atom. The number of nitrogens with one attached hydrogen (secondary N) is 1. The van der Waals surface area contributed by atoms with Crippen molar-refractivity contribution in [2.45, 2.75) is 33.2 Å². The van der Waals surface area contributed by atoms with Crippen molar-refractivity contribution in [1.82, 2.24) is 9.78 Å². The molecular formula is C15H17ClN4O3. The van der Waals surface area contributed by atoms with E-state index in [-0.39, 0.29) is 11.7 Å². The van der Waals surface area contributed by atoms with Gasteiger partial charge in [0.25, 0.3) is 5.91 Å². The van der Waals surface area contributed by atoms with E-state index in [1.165, 1.54) is 10.7 Å². The summed E-state index contributed by atoms with van der Waals surface area (Å²) in [7, 11) is 0. The Morgan fingerprint density at radius 2 is 2.13 bits per heavy atom. The highest BCUT2D eigenvalue weighted by Crippen LogP contribution is 2.24. The number of carbonyl (C=O) groups is 1. The van der Waals surface area contributed by atoms with Gasteiger partial charge in [-0.15, -0.1) is 0 Å². The second-order valence-corrected chi connectivity index (χ2v) is 5.65. The van der Waals surface area contributed by atoms with Crippen LogP contribution in [0.15, 0.2) is 24.3 Å². The molecule has 0 aliphatic carbocycles. The summed E-state index contributed by atoms with van der Waals surface area (Å²) in [4.78, 5) is 22.8. The lowest BCUT2D eigenvalue weighted by molar-refractivity contribution is -0.389. The Balaban J connectivity index is 2.28. The van der Waals surface area contributed by atoms with Crippen LogP contribution in [-0.4, -0.2) is 20.6 Å². The molecule has 0 spiro atoms. The normalized spacial score (nSPS) is 12.0. The lowest BCUT2D eigenvalue weighted by Gasteiger charge is -2.15. The van der Waals surface area contributed by atoms with Crippen LogP contribution in [0.5, 0.6) is 0 Å². The molecule has 0 radical (unpaired) electrons. The summed E-state index contributed by atoms with van der Waals surface area (Å²) in [6, 6.07) is 5.93. The van der Waals surface area contributed by atoms with Crippen molar-refractivity contribution in [3.63, 3.8) is 0 Å². The summed E-state index contributed by atoms with van der Waals surface area (Å²) >= 11 is 5.95. The van der Waals surface area contributed by atoms with E-state index in [9.17, 15) is 14.9 Å². The average Bonchev–Trinajstić information content (AvgIpc) is 2.86. The van der Waals surface area contributed by atoms with Gasteiger partial charge in [0.05, 0.1) is 16.9 Å². The minimum absolute atomic E-state index is 0.271. The van der Waals surface area contributed by atoms with Crippen molar-refractivity contribution in [3.8, 4) is 0 Å². The maximum atomic E-state index is 12.6. The molecule has 0 saturated heterocycles. The van der Waals surface area contributed by atoms with Crippen LogP contribution in [0.25, 0.3) is 0 Å². The number of aryl methyl sites for hydroxylation is 2. The minimum atomic E-state index is -0.637. The maximum Gasteiger partial charge on any atom is 0.390 e. The molecule has 2 rings (SSSR count). The highest BCUT2D eigenvalue weighted by Gasteiger charge is 2.27. The van der Waals surface area contributed by atoms with Gasteiger partial charge >= 0.3 is 5.82 Å². The molecule has 122 valence electrons. The molecule has 23 heavy (non-hydrogen) atoms. The number of hydrogen-bond donors (Lipinski definition) is 1. The highest BCUT2D eigenvalue weighted by atomic mass is 35.5. The Bertz CT molecular complexity index is 757. The van der Waals surface area contributed by atoms with E-state index in [1.807, 2.05) is 19.9 Å². The van der Waals surface area contributed by atoms with Crippen molar-refractivity contribution >= 4 is 29.0 Å². The zero-order valence-corrected chi connectivity index (χ0v) is 13.8. The first kappa shape index (κ1) is 17.0. The zero-order chi connectivity index (χ0) is 17.1. The zero-order valence-electron chi connectivity index (χ0n) is 13.0. The van der Waals surface area contributed by atoms with Crippen molar-refractivity contribution in [2.75, 3.05) is 5.32 Å². The van der Waals surface area contributed by atoms with E-state index in [2.05, 4.69) is 10.4 Å². The van der Waals surface area contributed by atoms with Crippen LogP contribution >= 0.6 is 11.6 Å². The first-order valence-corrected chi connectivity index (χ1v) is 7.48. The lowest BCUT2D eigenvalue weighted by Crippen LogP contribution is -2.27. The SMILES string of the molecule is CCC(C(=O)Nc1cc(Cl)ccc1C)n1nc([N+](=O)[O-])cc1C. The first-order valence-electron chi connectivity index (χ1n) is 7.11. The van der Waals surface area contributed by atoms with Crippen molar-refractivity contribution < 1.29 is 9.72 Å². The standard InChI is InChI=1S/C15H17ClN4O3/c1-4-13(19-10(3)7-14(18-19)20(22)23)15(21)17-12-8-11(16)6-5-9(12)2/h5-8,13H,4H2,1-3H3,(H,17,21). The Labute approximate surface area is 138 Å². The van der Waals surface area contributed by atoms with E-state index < -0.39 is 11.0 Å². The molecule has 2 aromatic rings. The molecule has 1 atom stereocenters. The third kappa shape index (κ3) is 3.68. The van der Waals surface area contributed by atoms with Gasteiger partial charge in [0.15, 0.2) is 6.04 Å². The Hall–Kier alpha value is -2.41. The number of hydrogen-bond acceptors (Lipinski definition) is 4. The second kappa shape index (κ2) is 6.78. The van der Waals surface area contributed by atoms with Crippen LogP contribution in [0.1, 0.15) is 30.6 Å². The molecule has 0 aliphatic rings. The number of aromatic nitrogens is 2. The van der Waals surface area contributed by atoms with E-state index in [0.717, 1.165) is 5.56 Å². The Morgan fingerprint density at radius 1 is 1.43 bits per heavy atom. The van der Waals surface area contributed by atoms with Gasteiger partial charge in [-0.05, 0) is 42.9 Å². The quantitative estimate of drug-likeness (QED) is 0.666. The van der Waals surface area contributed by atoms with Gasteiger partial charge in [-0.3, -0.25) is 4.79 Å². The molecule has 1 heterocycles. The average molecular weight is 337 g/mol. The number of carbonyl (C=O) groups excluding carboxylic acids is 1. The lowest BCUT2D eigenvalue weighted by atomic mass is 10.1. The van der Waals surface area contributed by atoms with Gasteiger partial charge in [0.1, 0.15) is 0 Å². The summed E-state index contributed by atoms with van der Waals surface area (Å²) in [5.41, 5.74) is 2.04. The van der Waals surface area contributed by atoms with Crippen molar-refractivity contribution in [1.29, 1.82) is 0 Å². The summed E-state index contributed by atoms with van der Waals surface area (Å²) in [5, 5.41) is 18.1. The maximum absolute atomic E-state index is 12.6. The van der Waals surface area contributed by atoms with Crippen molar-refractivity contribution in [2.24, 2.45) is 0 Å². The topological polar surface area (TPSA) is 90.1 Å². The second-order valence-electron chi connectivity index (χ2n) is 5.22. The summed E-state index contributed by atoms with van der Waals surface area (Å²) in [6.07, 6.45) is 0.450. The van der Waals surface area contributed by atoms with E-state index in [4.69, 9.17) is 11.6 Å². The van der Waals surface area contributed by atoms with Crippen molar-refractivity contribution in [3.05, 3.63) is 50.7 Å². The number of nitrogens with zero attached hydrogens (tertiary/aromatic N) is 3. The molecule has 0 fully saturated rings. The number of amides is 1. The molecule has 0 bridgehead atoms. The fraction of sp³-hybridized carbons (Fsp3) is 0.333. The number of rotatable bonds is 5. The monoisotopic (exact) mass is 336 g/mol. The minimum Gasteiger partial charge on any atom is -0.358 e. The fourth-order valence-corrected chi connectivity index (χ4v) is 2.46. The molecule has 8 heteroatoms. The highest BCUT2D eigenvalue weighted by molar-refractivity contribution is 6.31. The molecular weight excluding hydrogens is 320 g/mol. The van der Waals surface area contributed by atoms with Crippen LogP contribution in [0.4, 0.5) is 11.5 Å². The number of anilines is 1. The van der Waals surface area contributed by atoms with E-state index in [1.54, 1.807) is 19.1 Å². The molecule has 1 amide bonds. The Kier molecular flexibility index (Phi) is 5.00. The van der Waals surface area contributed by atoms with Gasteiger partial charge in [0.2, 0.25) is 0 Å². The summed E-state index contributed by atoms with van der Waals surface area (Å²) in [5.74, 6) is -0.563. The van der Waals surface area contributed by atoms with Crippen LogP contribution in [0, 0.1) is 24.0 Å². The predicted octanol–water partition coefficient (Wildman–Crippen LogP) is 3.65. The smallest absolute Gasteiger partial charge is 0.358 e. The largest absolute Gasteiger partial charge is 0.390 e. The third-order valence-electron chi connectivity index (χ3n) is 3.54. The van der Waals surface area contributed by atoms with Crippen LogP contribution in [0.2, 0.25) is 5.02 Å². The van der Waals surface area contributed by atoms with Gasteiger partial charge in [-0.1, -0.05) is 24.6 Å². The summed E-state index contributed by atoms with van der Waals surface area (Å²) in [6.45, 7) is 5.36. The molecule has 1 aromatic carbocycles. The van der Waals surface area contributed by atoms with Crippen LogP contribution < -0.4 is 5.32 Å². The molecule has 0 aliphatic heterocycles. The molecule has 7 nitrogen and oxygen atoms in total. The fourth-order valence-electron chi connectivity index (χ4n) is 2.29. The molecule has 1 aromatic heterocycles. The van der Waals surface area contributed by atoms with Gasteiger partial charge in [0, 0.05) is 10.7 Å². The van der Waals surface area contributed by atoms with Gasteiger partial charge in [-0.25, -0.2) is 0 Å². The van der Waals surface area contributed by atoms with Crippen LogP contribution in [-0.2, 0) is 4.79 Å². The van der Waals surface area contributed by atoms with Gasteiger partial charge < -0.3 is 15.4 Å².